The van der Waals surface area contributed by atoms with Crippen LogP contribution in [0.1, 0.15) is 26.7 Å². The fraction of sp³-hybridized carbons (Fsp3) is 0.462. The first-order chi connectivity index (χ1) is 8.97. The predicted octanol–water partition coefficient (Wildman–Crippen LogP) is 3.48. The number of nitrogens with two attached hydrogens (primary N) is 1. The van der Waals surface area contributed by atoms with E-state index in [1.807, 2.05) is 13.8 Å². The van der Waals surface area contributed by atoms with E-state index in [4.69, 9.17) is 10.5 Å². The molecule has 0 fully saturated rings. The van der Waals surface area contributed by atoms with Gasteiger partial charge in [-0.1, -0.05) is 13.8 Å². The van der Waals surface area contributed by atoms with E-state index in [1.165, 1.54) is 0 Å². The Morgan fingerprint density at radius 2 is 1.84 bits per heavy atom. The lowest BCUT2D eigenvalue weighted by Gasteiger charge is -2.16. The molecule has 0 aliphatic carbocycles. The monoisotopic (exact) mass is 392 g/mol. The zero-order valence-electron chi connectivity index (χ0n) is 11.0. The van der Waals surface area contributed by atoms with Crippen molar-refractivity contribution in [2.45, 2.75) is 32.7 Å². The molecule has 1 amide bonds. The van der Waals surface area contributed by atoms with Gasteiger partial charge in [-0.2, -0.15) is 0 Å². The summed E-state index contributed by atoms with van der Waals surface area (Å²) >= 11 is 6.72. The highest BCUT2D eigenvalue weighted by Gasteiger charge is 2.12. The molecule has 1 rings (SSSR count). The molecule has 0 atom stereocenters. The Kier molecular flexibility index (Phi) is 6.65. The number of nitrogens with one attached hydrogen (secondary N) is 1. The fourth-order valence-electron chi connectivity index (χ4n) is 1.62. The Bertz CT molecular complexity index is 425. The lowest BCUT2D eigenvalue weighted by molar-refractivity contribution is -0.123. The third-order valence-corrected chi connectivity index (χ3v) is 3.90. The van der Waals surface area contributed by atoms with Gasteiger partial charge < -0.3 is 15.8 Å². The average Bonchev–Trinajstić information content (AvgIpc) is 2.34. The van der Waals surface area contributed by atoms with Crippen LogP contribution in [0, 0.1) is 0 Å². The van der Waals surface area contributed by atoms with Crippen LogP contribution < -0.4 is 15.8 Å². The van der Waals surface area contributed by atoms with Crippen molar-refractivity contribution < 1.29 is 9.53 Å². The van der Waals surface area contributed by atoms with Crippen molar-refractivity contribution in [2.24, 2.45) is 0 Å². The number of halogens is 2. The minimum absolute atomic E-state index is 0.0163. The quantitative estimate of drug-likeness (QED) is 0.727. The second kappa shape index (κ2) is 7.75. The first-order valence-corrected chi connectivity index (χ1v) is 7.73. The lowest BCUT2D eigenvalue weighted by atomic mass is 10.2. The topological polar surface area (TPSA) is 64.3 Å². The summed E-state index contributed by atoms with van der Waals surface area (Å²) in [7, 11) is 0. The second-order valence-corrected chi connectivity index (χ2v) is 5.89. The van der Waals surface area contributed by atoms with Crippen LogP contribution in [0.25, 0.3) is 0 Å². The van der Waals surface area contributed by atoms with Crippen LogP contribution in [0.4, 0.5) is 5.69 Å². The van der Waals surface area contributed by atoms with E-state index in [9.17, 15) is 4.79 Å². The molecule has 0 heterocycles. The molecule has 0 aromatic heterocycles. The van der Waals surface area contributed by atoms with Crippen LogP contribution in [0.2, 0.25) is 0 Å². The van der Waals surface area contributed by atoms with Crippen LogP contribution >= 0.6 is 31.9 Å². The maximum absolute atomic E-state index is 11.7. The van der Waals surface area contributed by atoms with Crippen molar-refractivity contribution in [3.8, 4) is 5.75 Å². The number of benzene rings is 1. The molecule has 0 saturated carbocycles. The molecule has 0 unspecified atom stereocenters. The number of hydrogen-bond acceptors (Lipinski definition) is 3. The largest absolute Gasteiger partial charge is 0.481 e. The van der Waals surface area contributed by atoms with E-state index in [2.05, 4.69) is 37.2 Å². The van der Waals surface area contributed by atoms with Gasteiger partial charge in [0.25, 0.3) is 5.91 Å². The van der Waals surface area contributed by atoms with Crippen molar-refractivity contribution in [3.05, 3.63) is 21.1 Å². The Morgan fingerprint density at radius 3 is 2.32 bits per heavy atom. The second-order valence-electron chi connectivity index (χ2n) is 4.18. The summed E-state index contributed by atoms with van der Waals surface area (Å²) in [5.74, 6) is 0.457. The Balaban J connectivity index is 2.60. The SMILES string of the molecule is CCC(CC)NC(=O)COc1c(Br)cc(N)cc1Br. The third-order valence-electron chi connectivity index (χ3n) is 2.72. The molecule has 0 radical (unpaired) electrons. The van der Waals surface area contributed by atoms with E-state index in [-0.39, 0.29) is 18.6 Å². The summed E-state index contributed by atoms with van der Waals surface area (Å²) in [6.07, 6.45) is 1.83. The third kappa shape index (κ3) is 5.03. The molecule has 1 aromatic carbocycles. The van der Waals surface area contributed by atoms with E-state index in [0.29, 0.717) is 11.4 Å². The van der Waals surface area contributed by atoms with Gasteiger partial charge in [-0.15, -0.1) is 0 Å². The van der Waals surface area contributed by atoms with Crippen LogP contribution in [-0.2, 0) is 4.79 Å². The maximum atomic E-state index is 11.7. The van der Waals surface area contributed by atoms with Gasteiger partial charge in [0.15, 0.2) is 6.61 Å². The molecular weight excluding hydrogens is 376 g/mol. The van der Waals surface area contributed by atoms with Gasteiger partial charge in [0.1, 0.15) is 5.75 Å². The average molecular weight is 394 g/mol. The molecule has 0 saturated heterocycles. The Labute approximate surface area is 130 Å². The highest BCUT2D eigenvalue weighted by molar-refractivity contribution is 9.11. The van der Waals surface area contributed by atoms with Gasteiger partial charge in [-0.25, -0.2) is 0 Å². The fourth-order valence-corrected chi connectivity index (χ4v) is 3.07. The van der Waals surface area contributed by atoms with E-state index in [0.717, 1.165) is 21.8 Å². The number of carbonyl (C=O) groups is 1. The molecule has 0 aliphatic rings. The number of nitrogen functional groups attached to an aromatic ring is 1. The highest BCUT2D eigenvalue weighted by Crippen LogP contribution is 2.35. The first kappa shape index (κ1) is 16.3. The lowest BCUT2D eigenvalue weighted by Crippen LogP contribution is -2.37. The van der Waals surface area contributed by atoms with Gasteiger partial charge in [0, 0.05) is 11.7 Å². The summed E-state index contributed by atoms with van der Waals surface area (Å²) < 4.78 is 6.95. The van der Waals surface area contributed by atoms with Crippen molar-refractivity contribution in [1.29, 1.82) is 0 Å². The van der Waals surface area contributed by atoms with E-state index < -0.39 is 0 Å². The summed E-state index contributed by atoms with van der Waals surface area (Å²) in [6.45, 7) is 4.07. The minimum atomic E-state index is -0.121. The van der Waals surface area contributed by atoms with Crippen molar-refractivity contribution in [1.82, 2.24) is 5.32 Å². The molecule has 6 heteroatoms. The molecular formula is C13H18Br2N2O2. The van der Waals surface area contributed by atoms with Gasteiger partial charge >= 0.3 is 0 Å². The molecule has 3 N–H and O–H groups in total. The minimum Gasteiger partial charge on any atom is -0.481 e. The number of ether oxygens (including phenoxy) is 1. The van der Waals surface area contributed by atoms with Crippen LogP contribution in [0.15, 0.2) is 21.1 Å². The smallest absolute Gasteiger partial charge is 0.258 e. The zero-order valence-corrected chi connectivity index (χ0v) is 14.2. The number of rotatable bonds is 6. The molecule has 0 aliphatic heterocycles. The van der Waals surface area contributed by atoms with Crippen LogP contribution in [0.3, 0.4) is 0 Å². The molecule has 0 bridgehead atoms. The van der Waals surface area contributed by atoms with Crippen molar-refractivity contribution in [2.75, 3.05) is 12.3 Å². The van der Waals surface area contributed by atoms with Crippen LogP contribution in [0.5, 0.6) is 5.75 Å². The first-order valence-electron chi connectivity index (χ1n) is 6.14. The molecule has 1 aromatic rings. The Hall–Kier alpha value is -0.750. The highest BCUT2D eigenvalue weighted by atomic mass is 79.9. The summed E-state index contributed by atoms with van der Waals surface area (Å²) in [4.78, 5) is 11.7. The number of anilines is 1. The molecule has 4 nitrogen and oxygen atoms in total. The Morgan fingerprint density at radius 1 is 1.32 bits per heavy atom. The molecule has 0 spiro atoms. The van der Waals surface area contributed by atoms with Crippen molar-refractivity contribution in [3.63, 3.8) is 0 Å². The van der Waals surface area contributed by atoms with Gasteiger partial charge in [0.05, 0.1) is 8.95 Å². The van der Waals surface area contributed by atoms with Gasteiger partial charge in [-0.05, 0) is 56.8 Å². The van der Waals surface area contributed by atoms with Crippen LogP contribution in [-0.4, -0.2) is 18.6 Å². The molecule has 106 valence electrons. The summed E-state index contributed by atoms with van der Waals surface area (Å²) in [5.41, 5.74) is 6.31. The summed E-state index contributed by atoms with van der Waals surface area (Å²) in [6, 6.07) is 3.67. The van der Waals surface area contributed by atoms with Gasteiger partial charge in [0.2, 0.25) is 0 Å². The zero-order chi connectivity index (χ0) is 14.4. The van der Waals surface area contributed by atoms with E-state index >= 15 is 0 Å². The predicted molar refractivity (Wildman–Crippen MR) is 84.3 cm³/mol. The van der Waals surface area contributed by atoms with Gasteiger partial charge in [-0.3, -0.25) is 4.79 Å². The standard InChI is InChI=1S/C13H18Br2N2O2/c1-3-9(4-2)17-12(18)7-19-13-10(14)5-8(16)6-11(13)15/h5-6,9H,3-4,7,16H2,1-2H3,(H,17,18). The number of carbonyl (C=O) groups excluding carboxylic acids is 1. The molecule has 19 heavy (non-hydrogen) atoms. The normalized spacial score (nSPS) is 10.6. The van der Waals surface area contributed by atoms with E-state index in [1.54, 1.807) is 12.1 Å². The number of hydrogen-bond donors (Lipinski definition) is 2. The summed E-state index contributed by atoms with van der Waals surface area (Å²) in [5, 5.41) is 2.92. The van der Waals surface area contributed by atoms with Crippen molar-refractivity contribution >= 4 is 43.5 Å². The maximum Gasteiger partial charge on any atom is 0.258 e. The number of amides is 1.